The van der Waals surface area contributed by atoms with E-state index in [9.17, 15) is 5.11 Å². The van der Waals surface area contributed by atoms with E-state index in [4.69, 9.17) is 0 Å². The number of aliphatic hydroxyl groups is 1. The molecule has 2 heterocycles. The van der Waals surface area contributed by atoms with Gasteiger partial charge in [-0.25, -0.2) is 0 Å². The summed E-state index contributed by atoms with van der Waals surface area (Å²) < 4.78 is 0.957. The van der Waals surface area contributed by atoms with Crippen LogP contribution in [0.5, 0.6) is 0 Å². The second kappa shape index (κ2) is 3.88. The lowest BCUT2D eigenvalue weighted by Crippen LogP contribution is -1.95. The highest BCUT2D eigenvalue weighted by atomic mass is 79.9. The summed E-state index contributed by atoms with van der Waals surface area (Å²) >= 11 is 6.42. The molecule has 13 heavy (non-hydrogen) atoms. The lowest BCUT2D eigenvalue weighted by Gasteiger charge is -2.05. The summed E-state index contributed by atoms with van der Waals surface area (Å²) in [6.07, 6.45) is 1.15. The number of hydrogen-bond donors (Lipinski definition) is 1. The minimum Gasteiger partial charge on any atom is -0.383 e. The average molecular weight is 276 g/mol. The Morgan fingerprint density at radius 2 is 2.31 bits per heavy atom. The fourth-order valence-electron chi connectivity index (χ4n) is 1.00. The standard InChI is InChI=1S/C8H6BrNOS2/c9-6-3-12-2-5(6)8(11)7-1-10-4-13-7/h1-4,8,11H. The van der Waals surface area contributed by atoms with Gasteiger partial charge in [-0.2, -0.15) is 11.3 Å². The number of nitrogens with zero attached hydrogens (tertiary/aromatic N) is 1. The van der Waals surface area contributed by atoms with Gasteiger partial charge < -0.3 is 5.11 Å². The predicted molar refractivity (Wildman–Crippen MR) is 58.2 cm³/mol. The van der Waals surface area contributed by atoms with Crippen molar-refractivity contribution >= 4 is 38.6 Å². The highest BCUT2D eigenvalue weighted by Crippen LogP contribution is 2.32. The molecule has 1 N–H and O–H groups in total. The quantitative estimate of drug-likeness (QED) is 0.914. The normalized spacial score (nSPS) is 13.1. The van der Waals surface area contributed by atoms with E-state index in [1.807, 2.05) is 10.8 Å². The maximum atomic E-state index is 9.90. The van der Waals surface area contributed by atoms with Gasteiger partial charge in [-0.15, -0.1) is 11.3 Å². The van der Waals surface area contributed by atoms with Gasteiger partial charge in [0.15, 0.2) is 0 Å². The van der Waals surface area contributed by atoms with Crippen LogP contribution in [0.2, 0.25) is 0 Å². The molecule has 0 fully saturated rings. The molecule has 68 valence electrons. The summed E-state index contributed by atoms with van der Waals surface area (Å²) in [7, 11) is 0. The largest absolute Gasteiger partial charge is 0.383 e. The van der Waals surface area contributed by atoms with Crippen LogP contribution in [0.25, 0.3) is 0 Å². The van der Waals surface area contributed by atoms with Gasteiger partial charge in [-0.3, -0.25) is 4.98 Å². The molecule has 0 aromatic carbocycles. The molecule has 0 aliphatic rings. The third kappa shape index (κ3) is 1.83. The zero-order valence-corrected chi connectivity index (χ0v) is 9.69. The van der Waals surface area contributed by atoms with E-state index in [2.05, 4.69) is 20.9 Å². The summed E-state index contributed by atoms with van der Waals surface area (Å²) in [5.41, 5.74) is 2.63. The van der Waals surface area contributed by atoms with Crippen LogP contribution < -0.4 is 0 Å². The van der Waals surface area contributed by atoms with Crippen LogP contribution in [0.4, 0.5) is 0 Å². The van der Waals surface area contributed by atoms with Crippen molar-refractivity contribution < 1.29 is 5.11 Å². The van der Waals surface area contributed by atoms with E-state index in [0.717, 1.165) is 14.9 Å². The highest BCUT2D eigenvalue weighted by Gasteiger charge is 2.15. The van der Waals surface area contributed by atoms with Crippen molar-refractivity contribution in [3.63, 3.8) is 0 Å². The predicted octanol–water partition coefficient (Wildman–Crippen LogP) is 3.05. The average Bonchev–Trinajstić information content (AvgIpc) is 2.72. The van der Waals surface area contributed by atoms with Crippen molar-refractivity contribution in [2.75, 3.05) is 0 Å². The van der Waals surface area contributed by atoms with Crippen LogP contribution in [0.1, 0.15) is 16.5 Å². The molecule has 1 atom stereocenters. The topological polar surface area (TPSA) is 33.1 Å². The van der Waals surface area contributed by atoms with Crippen LogP contribution in [0.15, 0.2) is 26.9 Å². The number of thiophene rings is 1. The molecule has 0 radical (unpaired) electrons. The monoisotopic (exact) mass is 275 g/mol. The van der Waals surface area contributed by atoms with Gasteiger partial charge in [-0.05, 0) is 21.3 Å². The van der Waals surface area contributed by atoms with E-state index in [1.165, 1.54) is 11.3 Å². The fraction of sp³-hybridized carbons (Fsp3) is 0.125. The maximum absolute atomic E-state index is 9.90. The molecule has 2 aromatic heterocycles. The Hall–Kier alpha value is -0.230. The van der Waals surface area contributed by atoms with Crippen molar-refractivity contribution in [2.45, 2.75) is 6.10 Å². The summed E-state index contributed by atoms with van der Waals surface area (Å²) in [6, 6.07) is 0. The lowest BCUT2D eigenvalue weighted by atomic mass is 10.2. The molecular formula is C8H6BrNOS2. The van der Waals surface area contributed by atoms with Crippen molar-refractivity contribution in [2.24, 2.45) is 0 Å². The zero-order chi connectivity index (χ0) is 9.26. The first-order valence-electron chi connectivity index (χ1n) is 3.57. The van der Waals surface area contributed by atoms with Gasteiger partial charge in [0, 0.05) is 21.6 Å². The molecule has 0 bridgehead atoms. The minimum atomic E-state index is -0.548. The molecule has 2 nitrogen and oxygen atoms in total. The smallest absolute Gasteiger partial charge is 0.117 e. The van der Waals surface area contributed by atoms with Crippen LogP contribution in [-0.2, 0) is 0 Å². The van der Waals surface area contributed by atoms with Crippen LogP contribution >= 0.6 is 38.6 Å². The molecule has 2 aromatic rings. The Labute approximate surface area is 92.0 Å². The van der Waals surface area contributed by atoms with E-state index in [-0.39, 0.29) is 0 Å². The van der Waals surface area contributed by atoms with E-state index >= 15 is 0 Å². The van der Waals surface area contributed by atoms with Gasteiger partial charge in [-0.1, -0.05) is 0 Å². The molecule has 0 saturated carbocycles. The summed E-state index contributed by atoms with van der Waals surface area (Å²) in [5, 5.41) is 13.8. The zero-order valence-electron chi connectivity index (χ0n) is 6.48. The number of aliphatic hydroxyl groups excluding tert-OH is 1. The molecule has 0 spiro atoms. The summed E-state index contributed by atoms with van der Waals surface area (Å²) in [6.45, 7) is 0. The number of hydrogen-bond acceptors (Lipinski definition) is 4. The van der Waals surface area contributed by atoms with Crippen molar-refractivity contribution in [1.29, 1.82) is 0 Å². The van der Waals surface area contributed by atoms with E-state index < -0.39 is 6.10 Å². The Morgan fingerprint density at radius 3 is 2.85 bits per heavy atom. The van der Waals surface area contributed by atoms with Gasteiger partial charge in [0.05, 0.1) is 10.4 Å². The van der Waals surface area contributed by atoms with E-state index in [1.54, 1.807) is 23.0 Å². The van der Waals surface area contributed by atoms with Crippen LogP contribution in [0, 0.1) is 0 Å². The molecule has 0 aliphatic heterocycles. The van der Waals surface area contributed by atoms with Gasteiger partial charge in [0.25, 0.3) is 0 Å². The molecule has 2 rings (SSSR count). The van der Waals surface area contributed by atoms with Crippen LogP contribution in [-0.4, -0.2) is 10.1 Å². The lowest BCUT2D eigenvalue weighted by molar-refractivity contribution is 0.223. The van der Waals surface area contributed by atoms with Gasteiger partial charge >= 0.3 is 0 Å². The van der Waals surface area contributed by atoms with Crippen molar-refractivity contribution in [1.82, 2.24) is 4.98 Å². The number of halogens is 1. The molecule has 5 heteroatoms. The fourth-order valence-corrected chi connectivity index (χ4v) is 3.15. The number of rotatable bonds is 2. The highest BCUT2D eigenvalue weighted by molar-refractivity contribution is 9.10. The number of thiazole rings is 1. The molecule has 1 unspecified atom stereocenters. The van der Waals surface area contributed by atoms with Crippen molar-refractivity contribution in [3.8, 4) is 0 Å². The number of aromatic nitrogens is 1. The first-order valence-corrected chi connectivity index (χ1v) is 6.18. The second-order valence-corrected chi connectivity index (χ2v) is 5.00. The molecular weight excluding hydrogens is 270 g/mol. The SMILES string of the molecule is OC(c1cncs1)c1cscc1Br. The van der Waals surface area contributed by atoms with Gasteiger partial charge in [0.2, 0.25) is 0 Å². The first kappa shape index (κ1) is 9.33. The third-order valence-electron chi connectivity index (χ3n) is 1.66. The van der Waals surface area contributed by atoms with Gasteiger partial charge in [0.1, 0.15) is 6.10 Å². The first-order chi connectivity index (χ1) is 6.29. The van der Waals surface area contributed by atoms with Crippen molar-refractivity contribution in [3.05, 3.63) is 37.4 Å². The molecule has 0 saturated heterocycles. The summed E-state index contributed by atoms with van der Waals surface area (Å²) in [4.78, 5) is 4.80. The Morgan fingerprint density at radius 1 is 1.46 bits per heavy atom. The minimum absolute atomic E-state index is 0.548. The van der Waals surface area contributed by atoms with E-state index in [0.29, 0.717) is 0 Å². The Kier molecular flexibility index (Phi) is 2.78. The molecule has 0 aliphatic carbocycles. The second-order valence-electron chi connectivity index (χ2n) is 2.48. The maximum Gasteiger partial charge on any atom is 0.117 e. The Balaban J connectivity index is 2.33. The molecule has 0 amide bonds. The van der Waals surface area contributed by atoms with Crippen LogP contribution in [0.3, 0.4) is 0 Å². The Bertz CT molecular complexity index is 385. The third-order valence-corrected chi connectivity index (χ3v) is 4.24. The summed E-state index contributed by atoms with van der Waals surface area (Å²) in [5.74, 6) is 0.